The van der Waals surface area contributed by atoms with E-state index < -0.39 is 0 Å². The van der Waals surface area contributed by atoms with Crippen molar-refractivity contribution in [2.24, 2.45) is 0 Å². The average Bonchev–Trinajstić information content (AvgIpc) is 2.97. The van der Waals surface area contributed by atoms with Crippen LogP contribution in [0.15, 0.2) is 36.4 Å². The van der Waals surface area contributed by atoms with E-state index in [2.05, 4.69) is 10.4 Å². The van der Waals surface area contributed by atoms with E-state index in [1.807, 2.05) is 13.8 Å². The molecule has 0 radical (unpaired) electrons. The number of hydrogen-bond acceptors (Lipinski definition) is 4. The molecule has 0 saturated carbocycles. The topological polar surface area (TPSA) is 65.4 Å². The highest BCUT2D eigenvalue weighted by molar-refractivity contribution is 6.36. The van der Waals surface area contributed by atoms with E-state index in [-0.39, 0.29) is 5.91 Å². The van der Waals surface area contributed by atoms with Gasteiger partial charge in [0, 0.05) is 27.2 Å². The number of benzene rings is 2. The van der Waals surface area contributed by atoms with Crippen LogP contribution >= 0.6 is 23.2 Å². The normalized spacial score (nSPS) is 10.7. The van der Waals surface area contributed by atoms with Gasteiger partial charge < -0.3 is 14.8 Å². The van der Waals surface area contributed by atoms with Crippen molar-refractivity contribution in [3.05, 3.63) is 69.0 Å². The molecule has 0 aliphatic heterocycles. The number of rotatable bonds is 6. The minimum atomic E-state index is -0.288. The van der Waals surface area contributed by atoms with E-state index >= 15 is 0 Å². The Bertz CT molecular complexity index is 1020. The third kappa shape index (κ3) is 4.49. The zero-order valence-corrected chi connectivity index (χ0v) is 18.1. The number of anilines is 1. The van der Waals surface area contributed by atoms with Gasteiger partial charge in [0.15, 0.2) is 0 Å². The molecule has 152 valence electrons. The Morgan fingerprint density at radius 2 is 1.66 bits per heavy atom. The number of aryl methyl sites for hydroxylation is 1. The molecule has 0 bridgehead atoms. The Balaban J connectivity index is 1.88. The summed E-state index contributed by atoms with van der Waals surface area (Å²) < 4.78 is 12.2. The number of nitrogens with zero attached hydrogens (tertiary/aromatic N) is 2. The quantitative estimate of drug-likeness (QED) is 0.585. The van der Waals surface area contributed by atoms with Crippen molar-refractivity contribution in [1.82, 2.24) is 9.78 Å². The number of ether oxygens (including phenoxy) is 2. The Morgan fingerprint density at radius 1 is 1.07 bits per heavy atom. The second-order valence-electron chi connectivity index (χ2n) is 6.46. The summed E-state index contributed by atoms with van der Waals surface area (Å²) in [5, 5.41) is 8.61. The molecule has 3 rings (SSSR count). The van der Waals surface area contributed by atoms with E-state index in [1.165, 1.54) is 14.2 Å². The Morgan fingerprint density at radius 3 is 2.21 bits per heavy atom. The molecule has 1 amide bonds. The highest BCUT2D eigenvalue weighted by Crippen LogP contribution is 2.28. The maximum absolute atomic E-state index is 12.8. The number of amides is 1. The van der Waals surface area contributed by atoms with E-state index in [4.69, 9.17) is 32.7 Å². The van der Waals surface area contributed by atoms with Gasteiger partial charge >= 0.3 is 0 Å². The first kappa shape index (κ1) is 21.0. The zero-order chi connectivity index (χ0) is 21.1. The predicted molar refractivity (Wildman–Crippen MR) is 115 cm³/mol. The highest BCUT2D eigenvalue weighted by atomic mass is 35.5. The summed E-state index contributed by atoms with van der Waals surface area (Å²) in [7, 11) is 3.07. The van der Waals surface area contributed by atoms with E-state index in [9.17, 15) is 4.79 Å². The summed E-state index contributed by atoms with van der Waals surface area (Å²) in [6.07, 6.45) is 0. The molecule has 0 saturated heterocycles. The minimum absolute atomic E-state index is 0.288. The largest absolute Gasteiger partial charge is 0.497 e. The van der Waals surface area contributed by atoms with Crippen LogP contribution in [-0.2, 0) is 6.54 Å². The van der Waals surface area contributed by atoms with Crippen LogP contribution in [0.4, 0.5) is 5.69 Å². The Labute approximate surface area is 179 Å². The maximum atomic E-state index is 12.8. The van der Waals surface area contributed by atoms with Crippen molar-refractivity contribution in [3.63, 3.8) is 0 Å². The summed E-state index contributed by atoms with van der Waals surface area (Å²) >= 11 is 12.6. The Kier molecular flexibility index (Phi) is 6.35. The predicted octanol–water partition coefficient (Wildman–Crippen LogP) is 5.12. The Hall–Kier alpha value is -2.70. The summed E-state index contributed by atoms with van der Waals surface area (Å²) in [5.74, 6) is 0.780. The molecule has 0 spiro atoms. The summed E-state index contributed by atoms with van der Waals surface area (Å²) in [4.78, 5) is 12.8. The zero-order valence-electron chi connectivity index (χ0n) is 16.5. The molecule has 0 unspecified atom stereocenters. The molecule has 0 aliphatic rings. The molecular weight excluding hydrogens is 413 g/mol. The van der Waals surface area contributed by atoms with Gasteiger partial charge in [0.2, 0.25) is 0 Å². The summed E-state index contributed by atoms with van der Waals surface area (Å²) in [6.45, 7) is 4.11. The third-order valence-electron chi connectivity index (χ3n) is 4.60. The molecular formula is C21H21Cl2N3O3. The van der Waals surface area contributed by atoms with Crippen LogP contribution < -0.4 is 14.8 Å². The fraction of sp³-hybridized carbons (Fsp3) is 0.238. The van der Waals surface area contributed by atoms with E-state index in [0.29, 0.717) is 45.0 Å². The lowest BCUT2D eigenvalue weighted by molar-refractivity contribution is 0.102. The average molecular weight is 434 g/mol. The van der Waals surface area contributed by atoms with Crippen LogP contribution in [0, 0.1) is 13.8 Å². The minimum Gasteiger partial charge on any atom is -0.497 e. The monoisotopic (exact) mass is 433 g/mol. The van der Waals surface area contributed by atoms with E-state index in [1.54, 1.807) is 41.1 Å². The molecule has 0 fully saturated rings. The molecule has 8 heteroatoms. The number of methoxy groups -OCH3 is 2. The third-order valence-corrected chi connectivity index (χ3v) is 5.31. The number of nitrogens with one attached hydrogen (secondary N) is 1. The fourth-order valence-corrected chi connectivity index (χ4v) is 3.51. The maximum Gasteiger partial charge on any atom is 0.256 e. The molecule has 29 heavy (non-hydrogen) atoms. The van der Waals surface area contributed by atoms with Crippen molar-refractivity contribution < 1.29 is 14.3 Å². The van der Waals surface area contributed by atoms with Gasteiger partial charge in [0.25, 0.3) is 5.91 Å². The molecule has 1 N–H and O–H groups in total. The van der Waals surface area contributed by atoms with Gasteiger partial charge in [-0.25, -0.2) is 0 Å². The molecule has 0 atom stereocenters. The lowest BCUT2D eigenvalue weighted by atomic mass is 10.1. The van der Waals surface area contributed by atoms with Crippen molar-refractivity contribution in [1.29, 1.82) is 0 Å². The van der Waals surface area contributed by atoms with Gasteiger partial charge in [0.1, 0.15) is 11.5 Å². The van der Waals surface area contributed by atoms with Gasteiger partial charge in [-0.3, -0.25) is 9.48 Å². The van der Waals surface area contributed by atoms with Crippen molar-refractivity contribution >= 4 is 34.8 Å². The van der Waals surface area contributed by atoms with Gasteiger partial charge in [0.05, 0.1) is 37.8 Å². The fourth-order valence-electron chi connectivity index (χ4n) is 2.99. The molecule has 0 aliphatic carbocycles. The van der Waals surface area contributed by atoms with Crippen LogP contribution in [0.25, 0.3) is 0 Å². The van der Waals surface area contributed by atoms with Crippen molar-refractivity contribution in [2.75, 3.05) is 19.5 Å². The smallest absolute Gasteiger partial charge is 0.256 e. The van der Waals surface area contributed by atoms with Gasteiger partial charge in [-0.2, -0.15) is 5.10 Å². The second-order valence-corrected chi connectivity index (χ2v) is 7.27. The summed E-state index contributed by atoms with van der Waals surface area (Å²) in [5.41, 5.74) is 3.31. The molecule has 1 aromatic heterocycles. The number of carbonyl (C=O) groups excluding carboxylic acids is 1. The van der Waals surface area contributed by atoms with E-state index in [0.717, 1.165) is 11.3 Å². The number of aromatic nitrogens is 2. The second kappa shape index (κ2) is 8.76. The lowest BCUT2D eigenvalue weighted by Crippen LogP contribution is -2.14. The first-order valence-electron chi connectivity index (χ1n) is 8.85. The van der Waals surface area contributed by atoms with Crippen LogP contribution in [-0.4, -0.2) is 29.9 Å². The lowest BCUT2D eigenvalue weighted by Gasteiger charge is -2.11. The first-order chi connectivity index (χ1) is 13.8. The SMILES string of the molecule is COc1cc(OC)cc(C(=O)Nc2c(C)nn(Cc3c(Cl)cccc3Cl)c2C)c1. The number of carbonyl (C=O) groups is 1. The molecule has 2 aromatic carbocycles. The van der Waals surface area contributed by atoms with Crippen LogP contribution in [0.5, 0.6) is 11.5 Å². The molecule has 3 aromatic rings. The van der Waals surface area contributed by atoms with Crippen LogP contribution in [0.2, 0.25) is 10.0 Å². The molecule has 1 heterocycles. The first-order valence-corrected chi connectivity index (χ1v) is 9.61. The van der Waals surface area contributed by atoms with Gasteiger partial charge in [-0.05, 0) is 38.1 Å². The number of halogens is 2. The standard InChI is InChI=1S/C21H21Cl2N3O3/c1-12-20(24-21(27)14-8-15(28-3)10-16(9-14)29-4)13(2)26(25-12)11-17-18(22)6-5-7-19(17)23/h5-10H,11H2,1-4H3,(H,24,27). The van der Waals surface area contributed by atoms with Gasteiger partial charge in [-0.15, -0.1) is 0 Å². The highest BCUT2D eigenvalue weighted by Gasteiger charge is 2.18. The molecule has 6 nitrogen and oxygen atoms in total. The van der Waals surface area contributed by atoms with Crippen LogP contribution in [0.1, 0.15) is 27.3 Å². The van der Waals surface area contributed by atoms with Crippen LogP contribution in [0.3, 0.4) is 0 Å². The summed E-state index contributed by atoms with van der Waals surface area (Å²) in [6, 6.07) is 10.4. The van der Waals surface area contributed by atoms with Gasteiger partial charge in [-0.1, -0.05) is 29.3 Å². The number of hydrogen-bond donors (Lipinski definition) is 1. The van der Waals surface area contributed by atoms with Crippen molar-refractivity contribution in [2.45, 2.75) is 20.4 Å². The van der Waals surface area contributed by atoms with Crippen molar-refractivity contribution in [3.8, 4) is 11.5 Å².